The number of nitrogen functional groups attached to an aromatic ring is 1. The minimum Gasteiger partial charge on any atom is -0.384 e. The van der Waals surface area contributed by atoms with Gasteiger partial charge >= 0.3 is 0 Å². The van der Waals surface area contributed by atoms with Gasteiger partial charge in [-0.2, -0.15) is 0 Å². The summed E-state index contributed by atoms with van der Waals surface area (Å²) < 4.78 is 0. The highest BCUT2D eigenvalue weighted by Crippen LogP contribution is 2.28. The molecule has 0 radical (unpaired) electrons. The highest BCUT2D eigenvalue weighted by Gasteiger charge is 2.20. The van der Waals surface area contributed by atoms with E-state index < -0.39 is 0 Å². The van der Waals surface area contributed by atoms with Crippen LogP contribution in [0.3, 0.4) is 0 Å². The third kappa shape index (κ3) is 2.43. The molecule has 4 heteroatoms. The van der Waals surface area contributed by atoms with Crippen molar-refractivity contribution in [3.05, 3.63) is 11.9 Å². The second-order valence-corrected chi connectivity index (χ2v) is 4.60. The van der Waals surface area contributed by atoms with Gasteiger partial charge < -0.3 is 10.6 Å². The van der Waals surface area contributed by atoms with E-state index in [9.17, 15) is 0 Å². The molecule has 1 heterocycles. The average Bonchev–Trinajstić information content (AvgIpc) is 2.22. The third-order valence-electron chi connectivity index (χ3n) is 3.24. The van der Waals surface area contributed by atoms with Gasteiger partial charge in [-0.05, 0) is 18.8 Å². The Hall–Kier alpha value is -1.32. The Kier molecular flexibility index (Phi) is 3.27. The van der Waals surface area contributed by atoms with Crippen molar-refractivity contribution < 1.29 is 0 Å². The van der Waals surface area contributed by atoms with Crippen LogP contribution < -0.4 is 10.6 Å². The zero-order valence-electron chi connectivity index (χ0n) is 10.1. The summed E-state index contributed by atoms with van der Waals surface area (Å²) in [5, 5.41) is 0. The maximum Gasteiger partial charge on any atom is 0.134 e. The van der Waals surface area contributed by atoms with Crippen LogP contribution in [0.5, 0.6) is 0 Å². The molecule has 88 valence electrons. The molecule has 1 fully saturated rings. The number of rotatable bonds is 4. The fraction of sp³-hybridized carbons (Fsp3) is 0.667. The van der Waals surface area contributed by atoms with E-state index in [0.29, 0.717) is 5.82 Å². The van der Waals surface area contributed by atoms with Gasteiger partial charge in [0, 0.05) is 26.1 Å². The first kappa shape index (κ1) is 11.2. The van der Waals surface area contributed by atoms with Crippen LogP contribution in [0.25, 0.3) is 0 Å². The van der Waals surface area contributed by atoms with E-state index >= 15 is 0 Å². The minimum absolute atomic E-state index is 0.572. The van der Waals surface area contributed by atoms with Crippen LogP contribution in [0, 0.1) is 5.92 Å². The van der Waals surface area contributed by atoms with Crippen LogP contribution in [-0.4, -0.2) is 23.6 Å². The summed E-state index contributed by atoms with van der Waals surface area (Å²) in [5.74, 6) is 3.19. The molecule has 0 aromatic carbocycles. The molecule has 1 aromatic heterocycles. The maximum atomic E-state index is 5.77. The van der Waals surface area contributed by atoms with Gasteiger partial charge in [0.1, 0.15) is 17.5 Å². The summed E-state index contributed by atoms with van der Waals surface area (Å²) >= 11 is 0. The first-order valence-electron chi connectivity index (χ1n) is 6.03. The Labute approximate surface area is 96.9 Å². The molecule has 2 N–H and O–H groups in total. The molecule has 2 rings (SSSR count). The maximum absolute atomic E-state index is 5.77. The van der Waals surface area contributed by atoms with E-state index in [1.807, 2.05) is 13.0 Å². The van der Waals surface area contributed by atoms with Crippen molar-refractivity contribution in [2.45, 2.75) is 32.6 Å². The van der Waals surface area contributed by atoms with Crippen molar-refractivity contribution in [3.8, 4) is 0 Å². The first-order valence-corrected chi connectivity index (χ1v) is 6.03. The fourth-order valence-corrected chi connectivity index (χ4v) is 2.01. The van der Waals surface area contributed by atoms with Gasteiger partial charge in [-0.25, -0.2) is 9.97 Å². The zero-order valence-corrected chi connectivity index (χ0v) is 10.1. The van der Waals surface area contributed by atoms with Gasteiger partial charge in [-0.1, -0.05) is 13.3 Å². The fourth-order valence-electron chi connectivity index (χ4n) is 2.01. The Morgan fingerprint density at radius 2 is 2.19 bits per heavy atom. The number of anilines is 2. The Morgan fingerprint density at radius 1 is 1.44 bits per heavy atom. The summed E-state index contributed by atoms with van der Waals surface area (Å²) in [4.78, 5) is 10.9. The topological polar surface area (TPSA) is 55.0 Å². The van der Waals surface area contributed by atoms with Crippen LogP contribution in [0.1, 0.15) is 32.0 Å². The molecule has 1 aliphatic carbocycles. The summed E-state index contributed by atoms with van der Waals surface area (Å²) in [6, 6.07) is 1.86. The van der Waals surface area contributed by atoms with Crippen molar-refractivity contribution in [1.82, 2.24) is 9.97 Å². The molecule has 0 unspecified atom stereocenters. The second-order valence-electron chi connectivity index (χ2n) is 4.60. The highest BCUT2D eigenvalue weighted by atomic mass is 15.2. The van der Waals surface area contributed by atoms with Crippen LogP contribution in [0.15, 0.2) is 6.07 Å². The van der Waals surface area contributed by atoms with Crippen molar-refractivity contribution in [2.24, 2.45) is 5.92 Å². The number of aryl methyl sites for hydroxylation is 1. The van der Waals surface area contributed by atoms with E-state index in [-0.39, 0.29) is 0 Å². The van der Waals surface area contributed by atoms with Gasteiger partial charge in [0.05, 0.1) is 0 Å². The summed E-state index contributed by atoms with van der Waals surface area (Å²) in [5.41, 5.74) is 5.77. The normalized spacial score (nSPS) is 15.9. The Balaban J connectivity index is 2.08. The number of hydrogen-bond donors (Lipinski definition) is 1. The summed E-state index contributed by atoms with van der Waals surface area (Å²) in [6.07, 6.45) is 4.91. The molecule has 16 heavy (non-hydrogen) atoms. The van der Waals surface area contributed by atoms with Crippen molar-refractivity contribution in [1.29, 1.82) is 0 Å². The SMILES string of the molecule is CCc1nc(N)cc(N(C)CC2CCC2)n1. The molecule has 0 saturated heterocycles. The van der Waals surface area contributed by atoms with Gasteiger partial charge in [0.2, 0.25) is 0 Å². The van der Waals surface area contributed by atoms with Gasteiger partial charge in [-0.15, -0.1) is 0 Å². The lowest BCUT2D eigenvalue weighted by Crippen LogP contribution is -2.30. The van der Waals surface area contributed by atoms with E-state index in [1.54, 1.807) is 0 Å². The molecule has 1 aromatic rings. The monoisotopic (exact) mass is 220 g/mol. The molecule has 0 aliphatic heterocycles. The van der Waals surface area contributed by atoms with Gasteiger partial charge in [-0.3, -0.25) is 0 Å². The van der Waals surface area contributed by atoms with Crippen LogP contribution in [-0.2, 0) is 6.42 Å². The molecule has 1 aliphatic rings. The average molecular weight is 220 g/mol. The lowest BCUT2D eigenvalue weighted by atomic mass is 9.85. The lowest BCUT2D eigenvalue weighted by Gasteiger charge is -2.30. The molecule has 1 saturated carbocycles. The smallest absolute Gasteiger partial charge is 0.134 e. The predicted octanol–water partition coefficient (Wildman–Crippen LogP) is 1.86. The van der Waals surface area contributed by atoms with E-state index in [1.165, 1.54) is 19.3 Å². The summed E-state index contributed by atoms with van der Waals surface area (Å²) in [7, 11) is 2.08. The van der Waals surface area contributed by atoms with E-state index in [2.05, 4.69) is 21.9 Å². The largest absolute Gasteiger partial charge is 0.384 e. The standard InChI is InChI=1S/C12H20N4/c1-3-11-14-10(13)7-12(15-11)16(2)8-9-5-4-6-9/h7,9H,3-6,8H2,1-2H3,(H2,13,14,15). The quantitative estimate of drug-likeness (QED) is 0.841. The number of hydrogen-bond acceptors (Lipinski definition) is 4. The predicted molar refractivity (Wildman–Crippen MR) is 66.4 cm³/mol. The lowest BCUT2D eigenvalue weighted by molar-refractivity contribution is 0.321. The molecule has 4 nitrogen and oxygen atoms in total. The van der Waals surface area contributed by atoms with Crippen molar-refractivity contribution in [2.75, 3.05) is 24.2 Å². The van der Waals surface area contributed by atoms with Gasteiger partial charge in [0.15, 0.2) is 0 Å². The Morgan fingerprint density at radius 3 is 2.75 bits per heavy atom. The molecule has 0 atom stereocenters. The van der Waals surface area contributed by atoms with E-state index in [0.717, 1.165) is 30.5 Å². The Bertz CT molecular complexity index is 360. The zero-order chi connectivity index (χ0) is 11.5. The number of nitrogens with zero attached hydrogens (tertiary/aromatic N) is 3. The minimum atomic E-state index is 0.572. The highest BCUT2D eigenvalue weighted by molar-refractivity contribution is 5.46. The van der Waals surface area contributed by atoms with Crippen molar-refractivity contribution in [3.63, 3.8) is 0 Å². The molecule has 0 amide bonds. The van der Waals surface area contributed by atoms with Crippen LogP contribution in [0.2, 0.25) is 0 Å². The van der Waals surface area contributed by atoms with Crippen LogP contribution in [0.4, 0.5) is 11.6 Å². The van der Waals surface area contributed by atoms with E-state index in [4.69, 9.17) is 5.73 Å². The van der Waals surface area contributed by atoms with Gasteiger partial charge in [0.25, 0.3) is 0 Å². The second kappa shape index (κ2) is 4.68. The van der Waals surface area contributed by atoms with Crippen molar-refractivity contribution >= 4 is 11.6 Å². The molecular weight excluding hydrogens is 200 g/mol. The number of nitrogens with two attached hydrogens (primary N) is 1. The number of aromatic nitrogens is 2. The van der Waals surface area contributed by atoms with Crippen LogP contribution >= 0.6 is 0 Å². The third-order valence-corrected chi connectivity index (χ3v) is 3.24. The first-order chi connectivity index (χ1) is 7.69. The molecule has 0 bridgehead atoms. The molecule has 0 spiro atoms. The molecular formula is C12H20N4. The summed E-state index contributed by atoms with van der Waals surface area (Å²) in [6.45, 7) is 3.13.